The molecule has 1 unspecified atom stereocenters. The maximum absolute atomic E-state index is 12.2. The Morgan fingerprint density at radius 1 is 1.42 bits per heavy atom. The van der Waals surface area contributed by atoms with Crippen LogP contribution >= 0.6 is 11.3 Å². The second kappa shape index (κ2) is 4.17. The van der Waals surface area contributed by atoms with Crippen LogP contribution in [0.25, 0.3) is 0 Å². The third-order valence-electron chi connectivity index (χ3n) is 3.38. The fraction of sp³-hybridized carbons (Fsp3) is 0.333. The van der Waals surface area contributed by atoms with Crippen LogP contribution < -0.4 is 5.32 Å². The molecule has 2 aliphatic heterocycles. The van der Waals surface area contributed by atoms with Gasteiger partial charge in [-0.25, -0.2) is 0 Å². The quantitative estimate of drug-likeness (QED) is 0.750. The predicted octanol–water partition coefficient (Wildman–Crippen LogP) is 0.381. The first kappa shape index (κ1) is 11.9. The highest BCUT2D eigenvalue weighted by molar-refractivity contribution is 7.12. The van der Waals surface area contributed by atoms with Gasteiger partial charge in [-0.15, -0.1) is 11.3 Å². The van der Waals surface area contributed by atoms with Crippen LogP contribution in [-0.2, 0) is 16.1 Å². The van der Waals surface area contributed by atoms with E-state index in [1.165, 1.54) is 16.2 Å². The number of carbonyl (C=O) groups is 3. The molecule has 19 heavy (non-hydrogen) atoms. The Bertz CT molecular complexity index is 643. The molecule has 96 valence electrons. The lowest BCUT2D eigenvalue weighted by Gasteiger charge is -2.29. The van der Waals surface area contributed by atoms with Crippen molar-refractivity contribution in [3.05, 3.63) is 21.4 Å². The van der Waals surface area contributed by atoms with Crippen LogP contribution in [0.3, 0.4) is 0 Å². The average Bonchev–Trinajstić information content (AvgIpc) is 2.91. The number of piperidine rings is 1. The molecule has 1 atom stereocenters. The zero-order valence-corrected chi connectivity index (χ0v) is 10.6. The Kier molecular flexibility index (Phi) is 2.61. The van der Waals surface area contributed by atoms with Crippen molar-refractivity contribution in [2.45, 2.75) is 25.4 Å². The molecule has 0 radical (unpaired) electrons. The van der Waals surface area contributed by atoms with E-state index in [0.29, 0.717) is 22.4 Å². The third kappa shape index (κ3) is 1.72. The Morgan fingerprint density at radius 2 is 2.21 bits per heavy atom. The SMILES string of the molecule is N#Cc1csc2c1CN(C1CCC(=O)NC1=O)C2=O. The number of thiophene rings is 1. The molecule has 6 nitrogen and oxygen atoms in total. The van der Waals surface area contributed by atoms with E-state index >= 15 is 0 Å². The normalized spacial score (nSPS) is 22.2. The van der Waals surface area contributed by atoms with E-state index in [-0.39, 0.29) is 24.8 Å². The molecular weight excluding hydrogens is 266 g/mol. The van der Waals surface area contributed by atoms with Gasteiger partial charge in [0, 0.05) is 23.9 Å². The summed E-state index contributed by atoms with van der Waals surface area (Å²) in [6.07, 6.45) is 0.576. The van der Waals surface area contributed by atoms with E-state index < -0.39 is 11.9 Å². The zero-order chi connectivity index (χ0) is 13.6. The summed E-state index contributed by atoms with van der Waals surface area (Å²) in [5.41, 5.74) is 1.19. The van der Waals surface area contributed by atoms with Gasteiger partial charge in [0.25, 0.3) is 5.91 Å². The zero-order valence-electron chi connectivity index (χ0n) is 9.80. The number of hydrogen-bond donors (Lipinski definition) is 1. The van der Waals surface area contributed by atoms with E-state index in [9.17, 15) is 14.4 Å². The van der Waals surface area contributed by atoms with Gasteiger partial charge in [0.15, 0.2) is 0 Å². The van der Waals surface area contributed by atoms with Crippen molar-refractivity contribution in [3.8, 4) is 6.07 Å². The molecule has 0 spiro atoms. The van der Waals surface area contributed by atoms with Gasteiger partial charge in [0.05, 0.1) is 10.4 Å². The van der Waals surface area contributed by atoms with Crippen molar-refractivity contribution in [1.29, 1.82) is 5.26 Å². The summed E-state index contributed by atoms with van der Waals surface area (Å²) in [5, 5.41) is 12.9. The molecule has 1 fully saturated rings. The second-order valence-corrected chi connectivity index (χ2v) is 5.35. The number of fused-ring (bicyclic) bond motifs is 1. The fourth-order valence-electron chi connectivity index (χ4n) is 2.42. The number of carbonyl (C=O) groups excluding carboxylic acids is 3. The van der Waals surface area contributed by atoms with Crippen molar-refractivity contribution < 1.29 is 14.4 Å². The highest BCUT2D eigenvalue weighted by Crippen LogP contribution is 2.33. The molecule has 3 rings (SSSR count). The summed E-state index contributed by atoms with van der Waals surface area (Å²) in [6.45, 7) is 0.271. The number of amides is 3. The summed E-state index contributed by atoms with van der Waals surface area (Å²) in [7, 11) is 0. The lowest BCUT2D eigenvalue weighted by molar-refractivity contribution is -0.136. The van der Waals surface area contributed by atoms with Gasteiger partial charge in [0.1, 0.15) is 12.1 Å². The number of nitriles is 1. The lowest BCUT2D eigenvalue weighted by atomic mass is 10.0. The van der Waals surface area contributed by atoms with Crippen molar-refractivity contribution in [3.63, 3.8) is 0 Å². The number of rotatable bonds is 1. The smallest absolute Gasteiger partial charge is 0.265 e. The van der Waals surface area contributed by atoms with E-state index in [2.05, 4.69) is 5.32 Å². The van der Waals surface area contributed by atoms with Gasteiger partial charge in [-0.2, -0.15) is 5.26 Å². The first-order chi connectivity index (χ1) is 9.11. The molecule has 1 saturated heterocycles. The topological polar surface area (TPSA) is 90.3 Å². The maximum atomic E-state index is 12.2. The van der Waals surface area contributed by atoms with Crippen LogP contribution in [0.4, 0.5) is 0 Å². The predicted molar refractivity (Wildman–Crippen MR) is 65.1 cm³/mol. The minimum Gasteiger partial charge on any atom is -0.321 e. The van der Waals surface area contributed by atoms with E-state index in [1.807, 2.05) is 6.07 Å². The van der Waals surface area contributed by atoms with Crippen LogP contribution in [0, 0.1) is 11.3 Å². The highest BCUT2D eigenvalue weighted by atomic mass is 32.1. The Hall–Kier alpha value is -2.20. The van der Waals surface area contributed by atoms with E-state index in [1.54, 1.807) is 5.38 Å². The molecule has 1 aromatic rings. The minimum atomic E-state index is -0.614. The first-order valence-electron chi connectivity index (χ1n) is 5.77. The summed E-state index contributed by atoms with van der Waals surface area (Å²) in [5.74, 6) is -0.963. The molecule has 2 aliphatic rings. The molecule has 0 bridgehead atoms. The molecular formula is C12H9N3O3S. The van der Waals surface area contributed by atoms with Crippen molar-refractivity contribution in [2.75, 3.05) is 0 Å². The molecule has 3 heterocycles. The Balaban J connectivity index is 1.88. The lowest BCUT2D eigenvalue weighted by Crippen LogP contribution is -2.52. The highest BCUT2D eigenvalue weighted by Gasteiger charge is 2.40. The summed E-state index contributed by atoms with van der Waals surface area (Å²) < 4.78 is 0. The third-order valence-corrected chi connectivity index (χ3v) is 4.39. The minimum absolute atomic E-state index is 0.226. The van der Waals surface area contributed by atoms with Gasteiger partial charge >= 0.3 is 0 Å². The molecule has 7 heteroatoms. The average molecular weight is 275 g/mol. The van der Waals surface area contributed by atoms with Crippen LogP contribution in [0.2, 0.25) is 0 Å². The molecule has 1 aromatic heterocycles. The van der Waals surface area contributed by atoms with Gasteiger partial charge in [-0.1, -0.05) is 0 Å². The van der Waals surface area contributed by atoms with Gasteiger partial charge in [0.2, 0.25) is 11.8 Å². The number of hydrogen-bond acceptors (Lipinski definition) is 5. The number of nitrogens with one attached hydrogen (secondary N) is 1. The van der Waals surface area contributed by atoms with E-state index in [0.717, 1.165) is 0 Å². The second-order valence-electron chi connectivity index (χ2n) is 4.47. The largest absolute Gasteiger partial charge is 0.321 e. The van der Waals surface area contributed by atoms with Gasteiger partial charge in [-0.05, 0) is 6.42 Å². The monoisotopic (exact) mass is 275 g/mol. The van der Waals surface area contributed by atoms with Gasteiger partial charge < -0.3 is 4.90 Å². The number of imide groups is 1. The van der Waals surface area contributed by atoms with Crippen molar-refractivity contribution in [1.82, 2.24) is 10.2 Å². The van der Waals surface area contributed by atoms with Crippen LogP contribution in [0.1, 0.15) is 33.6 Å². The standard InChI is InChI=1S/C12H9N3O3S/c13-3-6-5-19-10-7(6)4-15(12(10)18)8-1-2-9(16)14-11(8)17/h5,8H,1-2,4H2,(H,14,16,17). The van der Waals surface area contributed by atoms with Crippen LogP contribution in [0.5, 0.6) is 0 Å². The van der Waals surface area contributed by atoms with Crippen molar-refractivity contribution >= 4 is 29.1 Å². The molecule has 0 saturated carbocycles. The van der Waals surface area contributed by atoms with Crippen LogP contribution in [-0.4, -0.2) is 28.7 Å². The summed E-state index contributed by atoms with van der Waals surface area (Å²) in [4.78, 5) is 37.1. The molecule has 0 aromatic carbocycles. The number of nitrogens with zero attached hydrogens (tertiary/aromatic N) is 2. The Labute approximate surface area is 112 Å². The van der Waals surface area contributed by atoms with E-state index in [4.69, 9.17) is 5.26 Å². The maximum Gasteiger partial charge on any atom is 0.265 e. The summed E-state index contributed by atoms with van der Waals surface area (Å²) >= 11 is 1.23. The van der Waals surface area contributed by atoms with Crippen molar-refractivity contribution in [2.24, 2.45) is 0 Å². The Morgan fingerprint density at radius 3 is 2.89 bits per heavy atom. The molecule has 1 N–H and O–H groups in total. The van der Waals surface area contributed by atoms with Crippen LogP contribution in [0.15, 0.2) is 5.38 Å². The fourth-order valence-corrected chi connectivity index (χ4v) is 3.38. The first-order valence-corrected chi connectivity index (χ1v) is 6.65. The molecule has 3 amide bonds. The van der Waals surface area contributed by atoms with Gasteiger partial charge in [-0.3, -0.25) is 19.7 Å². The summed E-state index contributed by atoms with van der Waals surface area (Å²) in [6, 6.07) is 1.43. The molecule has 0 aliphatic carbocycles.